The smallest absolute Gasteiger partial charge is 0.262 e. The molecule has 0 heterocycles. The zero-order valence-electron chi connectivity index (χ0n) is 13.9. The van der Waals surface area contributed by atoms with E-state index in [9.17, 15) is 4.79 Å². The summed E-state index contributed by atoms with van der Waals surface area (Å²) in [6.07, 6.45) is 1.55. The molecule has 24 heavy (non-hydrogen) atoms. The maximum atomic E-state index is 12.1. The molecule has 0 radical (unpaired) electrons. The Balaban J connectivity index is 1.90. The Labute approximate surface area is 141 Å². The van der Waals surface area contributed by atoms with Crippen LogP contribution in [0.25, 0.3) is 0 Å². The van der Waals surface area contributed by atoms with Crippen molar-refractivity contribution in [3.05, 3.63) is 54.1 Å². The van der Waals surface area contributed by atoms with Gasteiger partial charge in [0, 0.05) is 11.3 Å². The van der Waals surface area contributed by atoms with Crippen LogP contribution in [0.5, 0.6) is 11.5 Å². The number of hydrogen-bond donors (Lipinski definition) is 2. The zero-order valence-corrected chi connectivity index (χ0v) is 13.9. The van der Waals surface area contributed by atoms with Crippen molar-refractivity contribution in [2.75, 3.05) is 19.5 Å². The molecule has 0 spiro atoms. The molecule has 1 amide bonds. The fraction of sp³-hybridized carbons (Fsp3) is 0.222. The minimum atomic E-state index is -0.437. The van der Waals surface area contributed by atoms with Crippen molar-refractivity contribution >= 4 is 17.8 Å². The third-order valence-electron chi connectivity index (χ3n) is 3.38. The molecule has 0 saturated carbocycles. The van der Waals surface area contributed by atoms with Gasteiger partial charge in [0.05, 0.1) is 20.4 Å². The van der Waals surface area contributed by atoms with Crippen LogP contribution < -0.4 is 20.2 Å². The number of ether oxygens (including phenoxy) is 2. The van der Waals surface area contributed by atoms with Crippen molar-refractivity contribution in [2.24, 2.45) is 5.10 Å². The van der Waals surface area contributed by atoms with Crippen LogP contribution in [0.3, 0.4) is 0 Å². The third-order valence-corrected chi connectivity index (χ3v) is 3.38. The molecule has 1 atom stereocenters. The maximum absolute atomic E-state index is 12.1. The molecular formula is C18H21N3O3. The van der Waals surface area contributed by atoms with E-state index in [0.29, 0.717) is 5.75 Å². The highest BCUT2D eigenvalue weighted by Gasteiger charge is 2.11. The van der Waals surface area contributed by atoms with Crippen molar-refractivity contribution in [1.82, 2.24) is 5.43 Å². The van der Waals surface area contributed by atoms with Crippen LogP contribution in [0, 0.1) is 0 Å². The number of amides is 1. The molecular weight excluding hydrogens is 306 g/mol. The highest BCUT2D eigenvalue weighted by Crippen LogP contribution is 2.16. The quantitative estimate of drug-likeness (QED) is 0.606. The molecule has 126 valence electrons. The molecule has 2 aromatic carbocycles. The van der Waals surface area contributed by atoms with Crippen LogP contribution in [-0.4, -0.2) is 32.4 Å². The second-order valence-electron chi connectivity index (χ2n) is 5.07. The molecule has 0 aliphatic heterocycles. The van der Waals surface area contributed by atoms with Gasteiger partial charge < -0.3 is 14.8 Å². The number of hydrogen-bond acceptors (Lipinski definition) is 5. The molecule has 0 aliphatic rings. The fourth-order valence-electron chi connectivity index (χ4n) is 2.04. The Morgan fingerprint density at radius 1 is 1.08 bits per heavy atom. The summed E-state index contributed by atoms with van der Waals surface area (Å²) in [5.74, 6) is 1.22. The van der Waals surface area contributed by atoms with Gasteiger partial charge in [-0.05, 0) is 43.3 Å². The fourth-order valence-corrected chi connectivity index (χ4v) is 2.04. The van der Waals surface area contributed by atoms with Gasteiger partial charge in [-0.1, -0.05) is 12.1 Å². The third kappa shape index (κ3) is 4.74. The minimum Gasteiger partial charge on any atom is -0.497 e. The summed E-state index contributed by atoms with van der Waals surface area (Å²) in [4.78, 5) is 12.1. The predicted molar refractivity (Wildman–Crippen MR) is 94.8 cm³/mol. The molecule has 0 aliphatic carbocycles. The Kier molecular flexibility index (Phi) is 6.19. The number of anilines is 1. The summed E-state index contributed by atoms with van der Waals surface area (Å²) in [5.41, 5.74) is 4.13. The molecule has 2 aromatic rings. The summed E-state index contributed by atoms with van der Waals surface area (Å²) < 4.78 is 10.3. The van der Waals surface area contributed by atoms with Crippen molar-refractivity contribution in [2.45, 2.75) is 13.0 Å². The van der Waals surface area contributed by atoms with Crippen LogP contribution in [0.4, 0.5) is 5.69 Å². The van der Waals surface area contributed by atoms with Crippen LogP contribution in [0.15, 0.2) is 53.6 Å². The number of rotatable bonds is 7. The summed E-state index contributed by atoms with van der Waals surface area (Å²) >= 11 is 0. The average Bonchev–Trinajstić information content (AvgIpc) is 2.62. The molecule has 0 unspecified atom stereocenters. The molecule has 0 aromatic heterocycles. The maximum Gasteiger partial charge on any atom is 0.262 e. The van der Waals surface area contributed by atoms with Crippen molar-refractivity contribution < 1.29 is 14.3 Å². The first kappa shape index (κ1) is 17.3. The normalized spacial score (nSPS) is 11.8. The number of carbonyl (C=O) groups is 1. The minimum absolute atomic E-state index is 0.239. The largest absolute Gasteiger partial charge is 0.497 e. The first-order valence-corrected chi connectivity index (χ1v) is 7.50. The molecule has 2 N–H and O–H groups in total. The Morgan fingerprint density at radius 2 is 1.79 bits per heavy atom. The van der Waals surface area contributed by atoms with E-state index in [1.165, 1.54) is 0 Å². The van der Waals surface area contributed by atoms with Crippen molar-refractivity contribution in [3.8, 4) is 11.5 Å². The zero-order chi connectivity index (χ0) is 17.4. The summed E-state index contributed by atoms with van der Waals surface area (Å²) in [5, 5.41) is 7.07. The molecule has 0 fully saturated rings. The average molecular weight is 327 g/mol. The number of carbonyl (C=O) groups excluding carboxylic acids is 1. The van der Waals surface area contributed by atoms with Gasteiger partial charge in [0.2, 0.25) is 0 Å². The van der Waals surface area contributed by atoms with Crippen molar-refractivity contribution in [1.29, 1.82) is 0 Å². The van der Waals surface area contributed by atoms with E-state index >= 15 is 0 Å². The second-order valence-corrected chi connectivity index (χ2v) is 5.07. The van der Waals surface area contributed by atoms with Gasteiger partial charge in [0.1, 0.15) is 17.5 Å². The number of nitrogens with zero attached hydrogens (tertiary/aromatic N) is 1. The number of para-hydroxylation sites is 1. The Morgan fingerprint density at radius 3 is 2.46 bits per heavy atom. The number of methoxy groups -OCH3 is 2. The van der Waals surface area contributed by atoms with E-state index in [-0.39, 0.29) is 5.91 Å². The first-order chi connectivity index (χ1) is 11.6. The summed E-state index contributed by atoms with van der Waals surface area (Å²) in [6.45, 7) is 1.76. The van der Waals surface area contributed by atoms with E-state index in [4.69, 9.17) is 9.47 Å². The number of nitrogens with one attached hydrogen (secondary N) is 2. The summed E-state index contributed by atoms with van der Waals surface area (Å²) in [7, 11) is 3.20. The van der Waals surface area contributed by atoms with E-state index in [1.54, 1.807) is 27.4 Å². The molecule has 0 bridgehead atoms. The topological polar surface area (TPSA) is 72.0 Å². The Hall–Kier alpha value is -3.02. The number of hydrazone groups is 1. The lowest BCUT2D eigenvalue weighted by molar-refractivity contribution is -0.121. The molecule has 2 rings (SSSR count). The van der Waals surface area contributed by atoms with E-state index in [1.807, 2.05) is 48.5 Å². The highest BCUT2D eigenvalue weighted by molar-refractivity contribution is 5.87. The van der Waals surface area contributed by atoms with Crippen LogP contribution in [-0.2, 0) is 4.79 Å². The standard InChI is InChI=1S/C18H21N3O3/c1-13(20-15-8-10-16(23-2)11-9-15)18(22)21-19-12-14-6-4-5-7-17(14)24-3/h4-13,20H,1-3H3,(H,21,22)/b19-12-/t13-/m1/s1. The van der Waals surface area contributed by atoms with Crippen LogP contribution in [0.2, 0.25) is 0 Å². The van der Waals surface area contributed by atoms with Crippen LogP contribution >= 0.6 is 0 Å². The first-order valence-electron chi connectivity index (χ1n) is 7.50. The van der Waals surface area contributed by atoms with Crippen LogP contribution in [0.1, 0.15) is 12.5 Å². The van der Waals surface area contributed by atoms with Gasteiger partial charge in [0.15, 0.2) is 0 Å². The van der Waals surface area contributed by atoms with Gasteiger partial charge in [-0.15, -0.1) is 0 Å². The molecule has 6 nitrogen and oxygen atoms in total. The lowest BCUT2D eigenvalue weighted by atomic mass is 10.2. The van der Waals surface area contributed by atoms with Gasteiger partial charge in [0.25, 0.3) is 5.91 Å². The van der Waals surface area contributed by atoms with E-state index in [0.717, 1.165) is 17.0 Å². The lowest BCUT2D eigenvalue weighted by Gasteiger charge is -2.13. The van der Waals surface area contributed by atoms with Gasteiger partial charge >= 0.3 is 0 Å². The lowest BCUT2D eigenvalue weighted by Crippen LogP contribution is -2.34. The van der Waals surface area contributed by atoms with Gasteiger partial charge in [-0.25, -0.2) is 5.43 Å². The summed E-state index contributed by atoms with van der Waals surface area (Å²) in [6, 6.07) is 14.3. The Bertz CT molecular complexity index is 699. The van der Waals surface area contributed by atoms with E-state index < -0.39 is 6.04 Å². The molecule has 6 heteroatoms. The molecule has 0 saturated heterocycles. The number of benzene rings is 2. The second kappa shape index (κ2) is 8.57. The van der Waals surface area contributed by atoms with Gasteiger partial charge in [-0.3, -0.25) is 4.79 Å². The van der Waals surface area contributed by atoms with Gasteiger partial charge in [-0.2, -0.15) is 5.10 Å². The predicted octanol–water partition coefficient (Wildman–Crippen LogP) is 2.65. The highest BCUT2D eigenvalue weighted by atomic mass is 16.5. The van der Waals surface area contributed by atoms with E-state index in [2.05, 4.69) is 15.8 Å². The monoisotopic (exact) mass is 327 g/mol. The van der Waals surface area contributed by atoms with Crippen molar-refractivity contribution in [3.63, 3.8) is 0 Å². The SMILES string of the molecule is COc1ccc(N[C@H](C)C(=O)N/N=C\c2ccccc2OC)cc1.